The van der Waals surface area contributed by atoms with E-state index in [0.717, 1.165) is 0 Å². The van der Waals surface area contributed by atoms with E-state index in [1.165, 1.54) is 7.11 Å². The van der Waals surface area contributed by atoms with Crippen LogP contribution in [0.25, 0.3) is 0 Å². The topological polar surface area (TPSA) is 55.8 Å². The number of rotatable bonds is 1. The first-order chi connectivity index (χ1) is 4.74. The molecule has 1 heterocycles. The molecule has 58 valence electrons. The number of carbonyl (C=O) groups excluding carboxylic acids is 1. The normalized spacial score (nSPS) is 32.2. The summed E-state index contributed by atoms with van der Waals surface area (Å²) in [7, 11) is 1.30. The highest BCUT2D eigenvalue weighted by atomic mass is 16.6. The number of ether oxygens (including phenoxy) is 2. The van der Waals surface area contributed by atoms with E-state index in [0.29, 0.717) is 12.8 Å². The number of aliphatic hydroxyl groups excluding tert-OH is 1. The van der Waals surface area contributed by atoms with Crippen LogP contribution in [0, 0.1) is 0 Å². The molecule has 0 amide bonds. The number of hydrogen-bond acceptors (Lipinski definition) is 4. The predicted octanol–water partition coefficient (Wildman–Crippen LogP) is -0.343. The van der Waals surface area contributed by atoms with Gasteiger partial charge in [0.25, 0.3) is 0 Å². The van der Waals surface area contributed by atoms with Gasteiger partial charge in [-0.1, -0.05) is 0 Å². The molecule has 1 fully saturated rings. The molecule has 1 aliphatic rings. The van der Waals surface area contributed by atoms with Crippen LogP contribution in [0.2, 0.25) is 0 Å². The van der Waals surface area contributed by atoms with Gasteiger partial charge in [-0.3, -0.25) is 0 Å². The van der Waals surface area contributed by atoms with Crippen LogP contribution < -0.4 is 0 Å². The molecule has 0 unspecified atom stereocenters. The SMILES string of the molecule is COC(=O)[C@H]1CC[C@@H](O)O1. The van der Waals surface area contributed by atoms with Gasteiger partial charge >= 0.3 is 5.97 Å². The van der Waals surface area contributed by atoms with Gasteiger partial charge in [0, 0.05) is 6.42 Å². The molecule has 1 saturated heterocycles. The quantitative estimate of drug-likeness (QED) is 0.514. The summed E-state index contributed by atoms with van der Waals surface area (Å²) in [6.45, 7) is 0. The van der Waals surface area contributed by atoms with Crippen LogP contribution in [-0.4, -0.2) is 30.6 Å². The van der Waals surface area contributed by atoms with E-state index in [1.807, 2.05) is 0 Å². The van der Waals surface area contributed by atoms with Crippen molar-refractivity contribution in [2.75, 3.05) is 7.11 Å². The maximum atomic E-state index is 10.7. The summed E-state index contributed by atoms with van der Waals surface area (Å²) >= 11 is 0. The summed E-state index contributed by atoms with van der Waals surface area (Å²) in [5, 5.41) is 8.81. The Hall–Kier alpha value is -0.610. The summed E-state index contributed by atoms with van der Waals surface area (Å²) < 4.78 is 9.20. The Kier molecular flexibility index (Phi) is 2.24. The molecule has 0 aliphatic carbocycles. The Morgan fingerprint density at radius 1 is 1.70 bits per heavy atom. The highest BCUT2D eigenvalue weighted by molar-refractivity contribution is 5.74. The molecular weight excluding hydrogens is 136 g/mol. The third-order valence-corrected chi connectivity index (χ3v) is 1.46. The van der Waals surface area contributed by atoms with Crippen molar-refractivity contribution < 1.29 is 19.4 Å². The van der Waals surface area contributed by atoms with Crippen LogP contribution in [0.5, 0.6) is 0 Å². The van der Waals surface area contributed by atoms with E-state index in [-0.39, 0.29) is 0 Å². The van der Waals surface area contributed by atoms with Crippen molar-refractivity contribution in [3.05, 3.63) is 0 Å². The molecule has 1 rings (SSSR count). The zero-order valence-electron chi connectivity index (χ0n) is 5.74. The van der Waals surface area contributed by atoms with Gasteiger partial charge in [-0.15, -0.1) is 0 Å². The summed E-state index contributed by atoms with van der Waals surface area (Å²) in [5.41, 5.74) is 0. The van der Waals surface area contributed by atoms with E-state index in [2.05, 4.69) is 4.74 Å². The molecular formula is C6H10O4. The van der Waals surface area contributed by atoms with Gasteiger partial charge in [0.1, 0.15) is 0 Å². The summed E-state index contributed by atoms with van der Waals surface area (Å²) in [5.74, 6) is -0.406. The highest BCUT2D eigenvalue weighted by Gasteiger charge is 2.29. The van der Waals surface area contributed by atoms with Crippen LogP contribution in [-0.2, 0) is 14.3 Å². The Labute approximate surface area is 58.7 Å². The van der Waals surface area contributed by atoms with Crippen molar-refractivity contribution in [1.82, 2.24) is 0 Å². The average Bonchev–Trinajstić information content (AvgIpc) is 2.34. The fraction of sp³-hybridized carbons (Fsp3) is 0.833. The third-order valence-electron chi connectivity index (χ3n) is 1.46. The van der Waals surface area contributed by atoms with Crippen molar-refractivity contribution in [3.8, 4) is 0 Å². The fourth-order valence-corrected chi connectivity index (χ4v) is 0.925. The van der Waals surface area contributed by atoms with Gasteiger partial charge in [-0.05, 0) is 6.42 Å². The van der Waals surface area contributed by atoms with Crippen molar-refractivity contribution in [3.63, 3.8) is 0 Å². The number of hydrogen-bond donors (Lipinski definition) is 1. The Balaban J connectivity index is 2.37. The lowest BCUT2D eigenvalue weighted by Crippen LogP contribution is -2.22. The smallest absolute Gasteiger partial charge is 0.335 e. The summed E-state index contributed by atoms with van der Waals surface area (Å²) in [6.07, 6.45) is -0.280. The zero-order valence-corrected chi connectivity index (χ0v) is 5.74. The molecule has 0 spiro atoms. The van der Waals surface area contributed by atoms with Gasteiger partial charge in [-0.2, -0.15) is 0 Å². The molecule has 1 N–H and O–H groups in total. The van der Waals surface area contributed by atoms with Gasteiger partial charge in [0.05, 0.1) is 7.11 Å². The maximum Gasteiger partial charge on any atom is 0.335 e. The van der Waals surface area contributed by atoms with E-state index < -0.39 is 18.4 Å². The lowest BCUT2D eigenvalue weighted by molar-refractivity contribution is -0.162. The van der Waals surface area contributed by atoms with Crippen LogP contribution in [0.1, 0.15) is 12.8 Å². The third kappa shape index (κ3) is 1.46. The molecule has 10 heavy (non-hydrogen) atoms. The van der Waals surface area contributed by atoms with Crippen molar-refractivity contribution in [2.45, 2.75) is 25.2 Å². The minimum absolute atomic E-state index is 0.406. The van der Waals surface area contributed by atoms with Crippen molar-refractivity contribution >= 4 is 5.97 Å². The van der Waals surface area contributed by atoms with Crippen LogP contribution in [0.15, 0.2) is 0 Å². The van der Waals surface area contributed by atoms with E-state index in [4.69, 9.17) is 9.84 Å². The lowest BCUT2D eigenvalue weighted by Gasteiger charge is -2.06. The number of carbonyl (C=O) groups is 1. The Bertz CT molecular complexity index is 134. The molecule has 2 atom stereocenters. The molecule has 0 radical (unpaired) electrons. The van der Waals surface area contributed by atoms with E-state index in [9.17, 15) is 4.79 Å². The first kappa shape index (κ1) is 7.50. The monoisotopic (exact) mass is 146 g/mol. The average molecular weight is 146 g/mol. The number of methoxy groups -OCH3 is 1. The number of aliphatic hydroxyl groups is 1. The molecule has 0 aromatic carbocycles. The van der Waals surface area contributed by atoms with E-state index in [1.54, 1.807) is 0 Å². The van der Waals surface area contributed by atoms with Gasteiger partial charge in [-0.25, -0.2) is 4.79 Å². The van der Waals surface area contributed by atoms with E-state index >= 15 is 0 Å². The van der Waals surface area contributed by atoms with Crippen LogP contribution in [0.3, 0.4) is 0 Å². The van der Waals surface area contributed by atoms with Crippen LogP contribution in [0.4, 0.5) is 0 Å². The van der Waals surface area contributed by atoms with Gasteiger partial charge in [0.2, 0.25) is 0 Å². The first-order valence-corrected chi connectivity index (χ1v) is 3.15. The van der Waals surface area contributed by atoms with Crippen molar-refractivity contribution in [1.29, 1.82) is 0 Å². The second-order valence-corrected chi connectivity index (χ2v) is 2.18. The second kappa shape index (κ2) is 2.98. The fourth-order valence-electron chi connectivity index (χ4n) is 0.925. The summed E-state index contributed by atoms with van der Waals surface area (Å²) in [6, 6.07) is 0. The lowest BCUT2D eigenvalue weighted by atomic mass is 10.2. The molecule has 0 aromatic rings. The molecule has 1 aliphatic heterocycles. The minimum atomic E-state index is -0.788. The Morgan fingerprint density at radius 3 is 2.80 bits per heavy atom. The molecule has 4 nitrogen and oxygen atoms in total. The first-order valence-electron chi connectivity index (χ1n) is 3.15. The second-order valence-electron chi connectivity index (χ2n) is 2.18. The minimum Gasteiger partial charge on any atom is -0.467 e. The standard InChI is InChI=1S/C6H10O4/c1-9-6(8)4-2-3-5(7)10-4/h4-5,7H,2-3H2,1H3/t4-,5+/m1/s1. The highest BCUT2D eigenvalue weighted by Crippen LogP contribution is 2.17. The predicted molar refractivity (Wildman–Crippen MR) is 32.1 cm³/mol. The zero-order chi connectivity index (χ0) is 7.56. The van der Waals surface area contributed by atoms with Crippen molar-refractivity contribution in [2.24, 2.45) is 0 Å². The largest absolute Gasteiger partial charge is 0.467 e. The molecule has 0 bridgehead atoms. The molecule has 4 heteroatoms. The summed E-state index contributed by atoms with van der Waals surface area (Å²) in [4.78, 5) is 10.7. The Morgan fingerprint density at radius 2 is 2.40 bits per heavy atom. The van der Waals surface area contributed by atoms with Crippen LogP contribution >= 0.6 is 0 Å². The number of esters is 1. The maximum absolute atomic E-state index is 10.7. The van der Waals surface area contributed by atoms with Gasteiger partial charge in [0.15, 0.2) is 12.4 Å². The van der Waals surface area contributed by atoms with Gasteiger partial charge < -0.3 is 14.6 Å². The molecule has 0 aromatic heterocycles. The molecule has 0 saturated carbocycles.